The van der Waals surface area contributed by atoms with Gasteiger partial charge in [0.05, 0.1) is 11.7 Å². The number of hydrogen-bond donors (Lipinski definition) is 2. The number of hydrogen-bond acceptors (Lipinski definition) is 5. The van der Waals surface area contributed by atoms with E-state index in [9.17, 15) is 8.42 Å². The Balaban J connectivity index is 2.41. The molecular formula is C12H20N4O2S. The van der Waals surface area contributed by atoms with E-state index in [1.807, 2.05) is 18.0 Å². The van der Waals surface area contributed by atoms with E-state index in [1.165, 1.54) is 6.07 Å². The van der Waals surface area contributed by atoms with Gasteiger partial charge in [-0.3, -0.25) is 0 Å². The SMILES string of the molecule is CN1CCN(c2ccccc2S(N)(=O)=O)C(CN)C1. The van der Waals surface area contributed by atoms with Crippen LogP contribution in [0.3, 0.4) is 0 Å². The van der Waals surface area contributed by atoms with Gasteiger partial charge in [0.25, 0.3) is 0 Å². The molecule has 1 atom stereocenters. The lowest BCUT2D eigenvalue weighted by atomic mass is 10.1. The van der Waals surface area contributed by atoms with Crippen molar-refractivity contribution in [3.63, 3.8) is 0 Å². The maximum Gasteiger partial charge on any atom is 0.240 e. The van der Waals surface area contributed by atoms with Crippen LogP contribution in [0, 0.1) is 0 Å². The molecule has 1 saturated heterocycles. The van der Waals surface area contributed by atoms with Gasteiger partial charge in [-0.25, -0.2) is 13.6 Å². The highest BCUT2D eigenvalue weighted by molar-refractivity contribution is 7.89. The number of piperazine rings is 1. The molecule has 0 amide bonds. The summed E-state index contributed by atoms with van der Waals surface area (Å²) in [7, 11) is -1.69. The number of anilines is 1. The van der Waals surface area contributed by atoms with Crippen molar-refractivity contribution in [3.8, 4) is 0 Å². The van der Waals surface area contributed by atoms with E-state index in [0.717, 1.165) is 19.6 Å². The Morgan fingerprint density at radius 3 is 2.63 bits per heavy atom. The number of likely N-dealkylation sites (N-methyl/N-ethyl adjacent to an activating group) is 1. The summed E-state index contributed by atoms with van der Waals surface area (Å²) in [5.41, 5.74) is 6.45. The fraction of sp³-hybridized carbons (Fsp3) is 0.500. The number of sulfonamides is 1. The van der Waals surface area contributed by atoms with E-state index < -0.39 is 10.0 Å². The Morgan fingerprint density at radius 1 is 1.32 bits per heavy atom. The van der Waals surface area contributed by atoms with Gasteiger partial charge in [0.2, 0.25) is 10.0 Å². The lowest BCUT2D eigenvalue weighted by Gasteiger charge is -2.41. The predicted molar refractivity (Wildman–Crippen MR) is 75.5 cm³/mol. The molecule has 7 heteroatoms. The normalized spacial score (nSPS) is 21.6. The fourth-order valence-electron chi connectivity index (χ4n) is 2.46. The number of benzene rings is 1. The van der Waals surface area contributed by atoms with E-state index >= 15 is 0 Å². The summed E-state index contributed by atoms with van der Waals surface area (Å²) >= 11 is 0. The third-order valence-corrected chi connectivity index (χ3v) is 4.40. The first kappa shape index (κ1) is 14.3. The van der Waals surface area contributed by atoms with Gasteiger partial charge in [-0.1, -0.05) is 12.1 Å². The maximum atomic E-state index is 11.7. The van der Waals surface area contributed by atoms with Crippen LogP contribution in [0.4, 0.5) is 5.69 Å². The summed E-state index contributed by atoms with van der Waals surface area (Å²) in [6.07, 6.45) is 0. The highest BCUT2D eigenvalue weighted by Crippen LogP contribution is 2.27. The minimum Gasteiger partial charge on any atom is -0.364 e. The zero-order valence-corrected chi connectivity index (χ0v) is 11.8. The molecule has 0 aromatic heterocycles. The number of nitrogens with zero attached hydrogens (tertiary/aromatic N) is 2. The second-order valence-electron chi connectivity index (χ2n) is 4.86. The second-order valence-corrected chi connectivity index (χ2v) is 6.39. The van der Waals surface area contributed by atoms with Crippen LogP contribution in [0.25, 0.3) is 0 Å². The van der Waals surface area contributed by atoms with Crippen molar-refractivity contribution in [2.24, 2.45) is 10.9 Å². The van der Waals surface area contributed by atoms with E-state index in [2.05, 4.69) is 4.90 Å². The third-order valence-electron chi connectivity index (χ3n) is 3.44. The quantitative estimate of drug-likeness (QED) is 0.774. The van der Waals surface area contributed by atoms with Crippen LogP contribution >= 0.6 is 0 Å². The molecule has 19 heavy (non-hydrogen) atoms. The van der Waals surface area contributed by atoms with Crippen LogP contribution < -0.4 is 15.8 Å². The van der Waals surface area contributed by atoms with Gasteiger partial charge in [-0.2, -0.15) is 0 Å². The Kier molecular flexibility index (Phi) is 4.10. The van der Waals surface area contributed by atoms with Crippen molar-refractivity contribution in [2.45, 2.75) is 10.9 Å². The average molecular weight is 284 g/mol. The highest BCUT2D eigenvalue weighted by Gasteiger charge is 2.27. The topological polar surface area (TPSA) is 92.7 Å². The Labute approximate surface area is 114 Å². The van der Waals surface area contributed by atoms with Gasteiger partial charge >= 0.3 is 0 Å². The van der Waals surface area contributed by atoms with Gasteiger partial charge in [-0.05, 0) is 19.2 Å². The van der Waals surface area contributed by atoms with Gasteiger partial charge in [0, 0.05) is 26.2 Å². The summed E-state index contributed by atoms with van der Waals surface area (Å²) in [5, 5.41) is 5.28. The molecule has 4 N–H and O–H groups in total. The molecule has 1 fully saturated rings. The molecule has 0 saturated carbocycles. The van der Waals surface area contributed by atoms with Crippen LogP contribution in [0.1, 0.15) is 0 Å². The average Bonchev–Trinajstić information content (AvgIpc) is 2.37. The van der Waals surface area contributed by atoms with E-state index in [0.29, 0.717) is 12.2 Å². The molecule has 6 nitrogen and oxygen atoms in total. The number of rotatable bonds is 3. The van der Waals surface area contributed by atoms with Crippen LogP contribution in [-0.4, -0.2) is 52.6 Å². The minimum atomic E-state index is -3.72. The zero-order chi connectivity index (χ0) is 14.0. The molecule has 1 aliphatic heterocycles. The molecule has 1 heterocycles. The third kappa shape index (κ3) is 3.06. The summed E-state index contributed by atoms with van der Waals surface area (Å²) in [6, 6.07) is 6.92. The monoisotopic (exact) mass is 284 g/mol. The summed E-state index contributed by atoms with van der Waals surface area (Å²) in [4.78, 5) is 4.39. The molecule has 106 valence electrons. The number of primary sulfonamides is 1. The first-order valence-electron chi connectivity index (χ1n) is 6.20. The van der Waals surface area contributed by atoms with Crippen molar-refractivity contribution >= 4 is 15.7 Å². The van der Waals surface area contributed by atoms with Crippen LogP contribution in [0.5, 0.6) is 0 Å². The molecular weight excluding hydrogens is 264 g/mol. The minimum absolute atomic E-state index is 0.0987. The second kappa shape index (κ2) is 5.46. The maximum absolute atomic E-state index is 11.7. The molecule has 2 rings (SSSR count). The van der Waals surface area contributed by atoms with E-state index in [4.69, 9.17) is 10.9 Å². The molecule has 1 aliphatic rings. The molecule has 1 unspecified atom stereocenters. The van der Waals surface area contributed by atoms with Crippen LogP contribution in [0.2, 0.25) is 0 Å². The predicted octanol–water partition coefficient (Wildman–Crippen LogP) is -0.587. The van der Waals surface area contributed by atoms with E-state index in [-0.39, 0.29) is 10.9 Å². The molecule has 0 bridgehead atoms. The summed E-state index contributed by atoms with van der Waals surface area (Å²) < 4.78 is 23.3. The highest BCUT2D eigenvalue weighted by atomic mass is 32.2. The Bertz CT molecular complexity index is 546. The van der Waals surface area contributed by atoms with Gasteiger partial charge in [0.1, 0.15) is 4.90 Å². The first-order chi connectivity index (χ1) is 8.93. The van der Waals surface area contributed by atoms with Gasteiger partial charge in [0.15, 0.2) is 0 Å². The van der Waals surface area contributed by atoms with Crippen molar-refractivity contribution in [1.82, 2.24) is 4.90 Å². The molecule has 0 spiro atoms. The van der Waals surface area contributed by atoms with Gasteiger partial charge < -0.3 is 15.5 Å². The Morgan fingerprint density at radius 2 is 2.00 bits per heavy atom. The van der Waals surface area contributed by atoms with E-state index in [1.54, 1.807) is 12.1 Å². The molecule has 1 aromatic carbocycles. The lowest BCUT2D eigenvalue weighted by Crippen LogP contribution is -2.55. The zero-order valence-electron chi connectivity index (χ0n) is 11.0. The van der Waals surface area contributed by atoms with Crippen molar-refractivity contribution in [1.29, 1.82) is 0 Å². The van der Waals surface area contributed by atoms with Crippen LogP contribution in [0.15, 0.2) is 29.2 Å². The Hall–Kier alpha value is -1.15. The standard InChI is InChI=1S/C12H20N4O2S/c1-15-6-7-16(10(8-13)9-15)11-4-2-3-5-12(11)19(14,17)18/h2-5,10H,6-9,13H2,1H3,(H2,14,17,18). The van der Waals surface area contributed by atoms with Crippen molar-refractivity contribution in [3.05, 3.63) is 24.3 Å². The fourth-order valence-corrected chi connectivity index (χ4v) is 3.21. The molecule has 0 radical (unpaired) electrons. The largest absolute Gasteiger partial charge is 0.364 e. The van der Waals surface area contributed by atoms with Crippen LogP contribution in [-0.2, 0) is 10.0 Å². The number of para-hydroxylation sites is 1. The smallest absolute Gasteiger partial charge is 0.240 e. The number of nitrogens with two attached hydrogens (primary N) is 2. The molecule has 0 aliphatic carbocycles. The van der Waals surface area contributed by atoms with Crippen molar-refractivity contribution < 1.29 is 8.42 Å². The first-order valence-corrected chi connectivity index (χ1v) is 7.75. The summed E-state index contributed by atoms with van der Waals surface area (Å²) in [6.45, 7) is 2.90. The lowest BCUT2D eigenvalue weighted by molar-refractivity contribution is 0.269. The molecule has 1 aromatic rings. The summed E-state index contributed by atoms with van der Waals surface area (Å²) in [5.74, 6) is 0. The van der Waals surface area contributed by atoms with Crippen molar-refractivity contribution in [2.75, 3.05) is 38.1 Å². The van der Waals surface area contributed by atoms with Gasteiger partial charge in [-0.15, -0.1) is 0 Å².